The number of aromatic nitrogens is 1. The molecule has 0 atom stereocenters. The Balaban J connectivity index is 1.93. The van der Waals surface area contributed by atoms with Crippen LogP contribution in [0, 0.1) is 5.82 Å². The summed E-state index contributed by atoms with van der Waals surface area (Å²) in [5.41, 5.74) is 1.25. The van der Waals surface area contributed by atoms with E-state index in [2.05, 4.69) is 10.3 Å². The Kier molecular flexibility index (Phi) is 4.53. The molecule has 0 saturated carbocycles. The average Bonchev–Trinajstić information content (AvgIpc) is 2.57. The summed E-state index contributed by atoms with van der Waals surface area (Å²) in [6.45, 7) is 0. The number of rotatable bonds is 4. The minimum atomic E-state index is -0.490. The van der Waals surface area contributed by atoms with Gasteiger partial charge in [0.05, 0.1) is 10.7 Å². The fourth-order valence-electron chi connectivity index (χ4n) is 2.39. The smallest absolute Gasteiger partial charge is 0.274 e. The zero-order valence-corrected chi connectivity index (χ0v) is 13.2. The third-order valence-corrected chi connectivity index (χ3v) is 3.86. The molecule has 1 N–H and O–H groups in total. The van der Waals surface area contributed by atoms with E-state index in [1.807, 2.05) is 0 Å². The average molecular weight is 343 g/mol. The Bertz CT molecular complexity index is 943. The van der Waals surface area contributed by atoms with Gasteiger partial charge in [0.2, 0.25) is 0 Å². The number of anilines is 1. The predicted molar refractivity (Wildman–Crippen MR) is 90.9 cm³/mol. The second-order valence-corrected chi connectivity index (χ2v) is 5.57. The number of pyridine rings is 1. The molecule has 0 spiro atoms. The Morgan fingerprint density at radius 1 is 1.21 bits per heavy atom. The lowest BCUT2D eigenvalue weighted by molar-refractivity contribution is -0.107. The van der Waals surface area contributed by atoms with E-state index in [0.717, 1.165) is 11.8 Å². The number of hydrogen-bond acceptors (Lipinski definition) is 3. The van der Waals surface area contributed by atoms with Crippen LogP contribution >= 0.6 is 11.6 Å². The molecule has 1 amide bonds. The molecule has 0 aliphatic heterocycles. The van der Waals surface area contributed by atoms with Gasteiger partial charge in [-0.3, -0.25) is 9.78 Å². The van der Waals surface area contributed by atoms with Crippen molar-refractivity contribution in [2.24, 2.45) is 0 Å². The number of nitrogens with one attached hydrogen (secondary N) is 1. The lowest BCUT2D eigenvalue weighted by Gasteiger charge is -2.09. The van der Waals surface area contributed by atoms with Gasteiger partial charge < -0.3 is 10.1 Å². The summed E-state index contributed by atoms with van der Waals surface area (Å²) in [5.74, 6) is -0.933. The highest BCUT2D eigenvalue weighted by molar-refractivity contribution is 6.34. The number of carbonyl (C=O) groups excluding carboxylic acids is 2. The molecule has 0 unspecified atom stereocenters. The van der Waals surface area contributed by atoms with Crippen LogP contribution < -0.4 is 5.32 Å². The van der Waals surface area contributed by atoms with E-state index in [-0.39, 0.29) is 12.1 Å². The number of aldehydes is 1. The monoisotopic (exact) mass is 342 g/mol. The van der Waals surface area contributed by atoms with E-state index in [1.165, 1.54) is 18.3 Å². The van der Waals surface area contributed by atoms with Gasteiger partial charge in [0, 0.05) is 18.0 Å². The molecule has 24 heavy (non-hydrogen) atoms. The molecule has 0 radical (unpaired) electrons. The van der Waals surface area contributed by atoms with Crippen molar-refractivity contribution < 1.29 is 14.0 Å². The molecule has 0 fully saturated rings. The highest BCUT2D eigenvalue weighted by Crippen LogP contribution is 2.25. The number of halogens is 2. The topological polar surface area (TPSA) is 59.1 Å². The van der Waals surface area contributed by atoms with Gasteiger partial charge in [0.25, 0.3) is 5.91 Å². The molecule has 1 aromatic heterocycles. The molecule has 1 heterocycles. The summed E-state index contributed by atoms with van der Waals surface area (Å²) in [7, 11) is 0. The molecular weight excluding hydrogens is 331 g/mol. The second-order valence-electron chi connectivity index (χ2n) is 5.16. The van der Waals surface area contributed by atoms with Crippen LogP contribution in [0.5, 0.6) is 0 Å². The van der Waals surface area contributed by atoms with E-state index < -0.39 is 11.7 Å². The number of carbonyl (C=O) groups is 2. The number of fused-ring (bicyclic) bond motifs is 1. The number of nitrogens with zero attached hydrogens (tertiary/aromatic N) is 1. The maximum Gasteiger partial charge on any atom is 0.274 e. The molecule has 3 aromatic rings. The van der Waals surface area contributed by atoms with Gasteiger partial charge in [-0.2, -0.15) is 0 Å². The zero-order valence-electron chi connectivity index (χ0n) is 12.4. The quantitative estimate of drug-likeness (QED) is 0.728. The van der Waals surface area contributed by atoms with Crippen LogP contribution in [0.3, 0.4) is 0 Å². The molecule has 0 bridgehead atoms. The molecule has 2 aromatic carbocycles. The Morgan fingerprint density at radius 2 is 2.04 bits per heavy atom. The van der Waals surface area contributed by atoms with Crippen molar-refractivity contribution in [3.63, 3.8) is 0 Å². The van der Waals surface area contributed by atoms with Gasteiger partial charge in [0.1, 0.15) is 17.8 Å². The Hall–Kier alpha value is -2.79. The molecule has 3 rings (SSSR count). The van der Waals surface area contributed by atoms with E-state index >= 15 is 0 Å². The van der Waals surface area contributed by atoms with Gasteiger partial charge in [-0.1, -0.05) is 23.7 Å². The molecule has 0 aliphatic rings. The maximum atomic E-state index is 13.5. The normalized spacial score (nSPS) is 10.6. The Labute approximate surface area is 142 Å². The fraction of sp³-hybridized carbons (Fsp3) is 0.0556. The van der Waals surface area contributed by atoms with Crippen LogP contribution in [-0.4, -0.2) is 17.2 Å². The van der Waals surface area contributed by atoms with Crippen LogP contribution in [0.15, 0.2) is 48.7 Å². The second kappa shape index (κ2) is 6.76. The van der Waals surface area contributed by atoms with Crippen molar-refractivity contribution in [1.29, 1.82) is 0 Å². The first kappa shape index (κ1) is 16.1. The van der Waals surface area contributed by atoms with Crippen molar-refractivity contribution in [3.8, 4) is 0 Å². The first-order valence-electron chi connectivity index (χ1n) is 7.16. The van der Waals surface area contributed by atoms with E-state index in [0.29, 0.717) is 21.5 Å². The van der Waals surface area contributed by atoms with Gasteiger partial charge in [-0.15, -0.1) is 0 Å². The lowest BCUT2D eigenvalue weighted by Crippen LogP contribution is -2.14. The Morgan fingerprint density at radius 3 is 2.79 bits per heavy atom. The van der Waals surface area contributed by atoms with Crippen LogP contribution in [0.1, 0.15) is 16.1 Å². The van der Waals surface area contributed by atoms with Gasteiger partial charge >= 0.3 is 0 Å². The minimum Gasteiger partial charge on any atom is -0.319 e. The number of hydrogen-bond donors (Lipinski definition) is 1. The van der Waals surface area contributed by atoms with Crippen molar-refractivity contribution in [2.75, 3.05) is 5.32 Å². The summed E-state index contributed by atoms with van der Waals surface area (Å²) in [6, 6.07) is 10.8. The van der Waals surface area contributed by atoms with Gasteiger partial charge in [0.15, 0.2) is 0 Å². The van der Waals surface area contributed by atoms with Crippen molar-refractivity contribution in [2.45, 2.75) is 6.42 Å². The van der Waals surface area contributed by atoms with E-state index in [4.69, 9.17) is 11.6 Å². The number of amides is 1. The van der Waals surface area contributed by atoms with Crippen molar-refractivity contribution in [1.82, 2.24) is 4.98 Å². The summed E-state index contributed by atoms with van der Waals surface area (Å²) in [4.78, 5) is 27.1. The SMILES string of the molecule is O=CCc1ccc(NC(=O)c2nccc3ccc(F)cc23)c(Cl)c1. The highest BCUT2D eigenvalue weighted by Gasteiger charge is 2.14. The third-order valence-electron chi connectivity index (χ3n) is 3.54. The zero-order chi connectivity index (χ0) is 17.1. The van der Waals surface area contributed by atoms with Gasteiger partial charge in [-0.05, 0) is 41.3 Å². The molecule has 4 nitrogen and oxygen atoms in total. The fourth-order valence-corrected chi connectivity index (χ4v) is 2.64. The van der Waals surface area contributed by atoms with Gasteiger partial charge in [-0.25, -0.2) is 4.39 Å². The van der Waals surface area contributed by atoms with E-state index in [9.17, 15) is 14.0 Å². The summed E-state index contributed by atoms with van der Waals surface area (Å²) < 4.78 is 13.5. The summed E-state index contributed by atoms with van der Waals surface area (Å²) >= 11 is 6.13. The van der Waals surface area contributed by atoms with Crippen molar-refractivity contribution in [3.05, 3.63) is 70.8 Å². The summed E-state index contributed by atoms with van der Waals surface area (Å²) in [6.07, 6.45) is 2.51. The molecule has 0 saturated heterocycles. The molecule has 6 heteroatoms. The highest BCUT2D eigenvalue weighted by atomic mass is 35.5. The first-order chi connectivity index (χ1) is 11.6. The van der Waals surface area contributed by atoms with Crippen LogP contribution in [0.2, 0.25) is 5.02 Å². The predicted octanol–water partition coefficient (Wildman–Crippen LogP) is 4.02. The van der Waals surface area contributed by atoms with Crippen LogP contribution in [-0.2, 0) is 11.2 Å². The van der Waals surface area contributed by atoms with Crippen LogP contribution in [0.4, 0.5) is 10.1 Å². The molecular formula is C18H12ClFN2O2. The minimum absolute atomic E-state index is 0.111. The standard InChI is InChI=1S/C18H12ClFN2O2/c19-15-9-11(6-8-23)1-4-16(15)22-18(24)17-14-10-13(20)3-2-12(14)5-7-21-17/h1-5,7-10H,6H2,(H,22,24). The first-order valence-corrected chi connectivity index (χ1v) is 7.54. The lowest BCUT2D eigenvalue weighted by atomic mass is 10.1. The molecule has 0 aliphatic carbocycles. The number of benzene rings is 2. The van der Waals surface area contributed by atoms with E-state index in [1.54, 1.807) is 30.3 Å². The molecule has 120 valence electrons. The largest absolute Gasteiger partial charge is 0.319 e. The van der Waals surface area contributed by atoms with Crippen LogP contribution in [0.25, 0.3) is 10.8 Å². The summed E-state index contributed by atoms with van der Waals surface area (Å²) in [5, 5.41) is 4.11. The third kappa shape index (κ3) is 3.26. The van der Waals surface area contributed by atoms with Crippen molar-refractivity contribution >= 4 is 40.3 Å². The maximum absolute atomic E-state index is 13.5.